The molecule has 0 N–H and O–H groups in total. The van der Waals surface area contributed by atoms with E-state index in [0.717, 1.165) is 14.0 Å². The summed E-state index contributed by atoms with van der Waals surface area (Å²) in [5, 5.41) is 0.558. The number of fused-ring (bicyclic) bond motifs is 1. The fraction of sp³-hybridized carbons (Fsp3) is 0.136. The molecule has 2 heterocycles. The molecule has 0 atom stereocenters. The van der Waals surface area contributed by atoms with Gasteiger partial charge in [0.15, 0.2) is 5.13 Å². The Morgan fingerprint density at radius 1 is 1.03 bits per heavy atom. The van der Waals surface area contributed by atoms with Gasteiger partial charge in [0.25, 0.3) is 5.91 Å². The summed E-state index contributed by atoms with van der Waals surface area (Å²) in [6, 6.07) is 16.8. The highest BCUT2D eigenvalue weighted by Crippen LogP contribution is 2.40. The number of ether oxygens (including phenoxy) is 2. The van der Waals surface area contributed by atoms with Crippen molar-refractivity contribution in [2.45, 2.75) is 6.54 Å². The number of anilines is 1. The number of nitrogens with zero attached hydrogens (tertiary/aromatic N) is 3. The van der Waals surface area contributed by atoms with E-state index in [1.807, 2.05) is 54.6 Å². The molecule has 0 aliphatic rings. The first-order valence-electron chi connectivity index (χ1n) is 9.10. The van der Waals surface area contributed by atoms with Crippen molar-refractivity contribution in [2.24, 2.45) is 0 Å². The molecule has 0 unspecified atom stereocenters. The largest absolute Gasteiger partial charge is 0.495 e. The molecule has 6 nitrogen and oxygen atoms in total. The third-order valence-corrected chi connectivity index (χ3v) is 6.56. The van der Waals surface area contributed by atoms with Crippen molar-refractivity contribution < 1.29 is 14.3 Å². The van der Waals surface area contributed by atoms with Crippen LogP contribution in [-0.4, -0.2) is 30.1 Å². The number of hydrogen-bond donors (Lipinski definition) is 0. The van der Waals surface area contributed by atoms with Gasteiger partial charge in [0, 0.05) is 9.77 Å². The zero-order chi connectivity index (χ0) is 21.1. The first kappa shape index (κ1) is 20.5. The van der Waals surface area contributed by atoms with Crippen molar-refractivity contribution in [1.82, 2.24) is 9.97 Å². The minimum atomic E-state index is -0.136. The third-order valence-electron chi connectivity index (χ3n) is 4.53. The Morgan fingerprint density at radius 2 is 1.77 bits per heavy atom. The number of hydrogen-bond acceptors (Lipinski definition) is 6. The lowest BCUT2D eigenvalue weighted by molar-refractivity contribution is 0.0984. The van der Waals surface area contributed by atoms with E-state index in [0.29, 0.717) is 34.3 Å². The van der Waals surface area contributed by atoms with E-state index in [4.69, 9.17) is 14.5 Å². The van der Waals surface area contributed by atoms with Crippen molar-refractivity contribution in [3.05, 3.63) is 75.6 Å². The van der Waals surface area contributed by atoms with Gasteiger partial charge in [-0.15, -0.1) is 0 Å². The van der Waals surface area contributed by atoms with Gasteiger partial charge in [-0.3, -0.25) is 14.7 Å². The summed E-state index contributed by atoms with van der Waals surface area (Å²) in [5.41, 5.74) is 2.06. The van der Waals surface area contributed by atoms with Crippen molar-refractivity contribution in [3.63, 3.8) is 0 Å². The first-order valence-corrected chi connectivity index (χ1v) is 11.0. The molecule has 0 bridgehead atoms. The lowest BCUT2D eigenvalue weighted by Crippen LogP contribution is -2.31. The maximum Gasteiger partial charge on any atom is 0.261 e. The Kier molecular flexibility index (Phi) is 6.14. The molecule has 0 saturated heterocycles. The van der Waals surface area contributed by atoms with Gasteiger partial charge >= 0.3 is 0 Å². The summed E-state index contributed by atoms with van der Waals surface area (Å²) >= 11 is 3.57. The highest BCUT2D eigenvalue weighted by atomic mass is 127. The minimum Gasteiger partial charge on any atom is -0.495 e. The van der Waals surface area contributed by atoms with Gasteiger partial charge in [-0.2, -0.15) is 0 Å². The molecule has 8 heteroatoms. The van der Waals surface area contributed by atoms with Crippen molar-refractivity contribution in [3.8, 4) is 11.5 Å². The number of amides is 1. The van der Waals surface area contributed by atoms with E-state index in [-0.39, 0.29) is 5.91 Å². The molecule has 0 aliphatic carbocycles. The number of halogens is 1. The number of carbonyl (C=O) groups is 1. The molecular weight excluding hydrogens is 513 g/mol. The maximum atomic E-state index is 13.6. The van der Waals surface area contributed by atoms with Crippen LogP contribution in [0.15, 0.2) is 60.8 Å². The number of methoxy groups -OCH3 is 2. The second-order valence-electron chi connectivity index (χ2n) is 6.34. The molecule has 30 heavy (non-hydrogen) atoms. The lowest BCUT2D eigenvalue weighted by atomic mass is 10.2. The summed E-state index contributed by atoms with van der Waals surface area (Å²) in [7, 11) is 3.22. The molecule has 0 fully saturated rings. The minimum absolute atomic E-state index is 0.136. The highest BCUT2D eigenvalue weighted by Gasteiger charge is 2.25. The van der Waals surface area contributed by atoms with Crippen LogP contribution >= 0.6 is 33.9 Å². The normalized spacial score (nSPS) is 10.8. The molecule has 0 radical (unpaired) electrons. The molecule has 4 rings (SSSR count). The van der Waals surface area contributed by atoms with E-state index in [1.165, 1.54) is 11.3 Å². The van der Waals surface area contributed by atoms with Gasteiger partial charge in [0.1, 0.15) is 21.7 Å². The molecule has 0 spiro atoms. The second kappa shape index (κ2) is 8.97. The number of rotatable bonds is 6. The fourth-order valence-electron chi connectivity index (χ4n) is 3.05. The third kappa shape index (κ3) is 3.97. The lowest BCUT2D eigenvalue weighted by Gasteiger charge is -2.20. The van der Waals surface area contributed by atoms with E-state index in [1.54, 1.807) is 25.3 Å². The van der Waals surface area contributed by atoms with Crippen LogP contribution in [0, 0.1) is 3.57 Å². The zero-order valence-electron chi connectivity index (χ0n) is 16.3. The first-order chi connectivity index (χ1) is 14.6. The Hall–Kier alpha value is -2.72. The van der Waals surface area contributed by atoms with Crippen LogP contribution in [0.4, 0.5) is 5.13 Å². The molecule has 2 aromatic heterocycles. The highest BCUT2D eigenvalue weighted by molar-refractivity contribution is 14.1. The van der Waals surface area contributed by atoms with Crippen LogP contribution in [0.5, 0.6) is 11.5 Å². The number of aromatic nitrogens is 2. The monoisotopic (exact) mass is 531 g/mol. The van der Waals surface area contributed by atoms with E-state index in [9.17, 15) is 4.79 Å². The average Bonchev–Trinajstić information content (AvgIpc) is 3.22. The summed E-state index contributed by atoms with van der Waals surface area (Å²) < 4.78 is 12.7. The molecule has 1 amide bonds. The van der Waals surface area contributed by atoms with Crippen LogP contribution in [0.2, 0.25) is 0 Å². The predicted molar refractivity (Wildman–Crippen MR) is 127 cm³/mol. The van der Waals surface area contributed by atoms with Gasteiger partial charge in [0.05, 0.1) is 32.0 Å². The Labute approximate surface area is 191 Å². The summed E-state index contributed by atoms with van der Waals surface area (Å²) in [4.78, 5) is 24.4. The quantitative estimate of drug-likeness (QED) is 0.322. The van der Waals surface area contributed by atoms with Crippen LogP contribution in [-0.2, 0) is 6.54 Å². The fourth-order valence-corrected chi connectivity index (χ4v) is 4.74. The second-order valence-corrected chi connectivity index (χ2v) is 8.48. The standard InChI is InChI=1S/C22H18IN3O3S/c1-28-17-10-11-18(29-2)20-19(17)25-22(30-20)26(13-14-7-5-6-12-24-14)21(27)15-8-3-4-9-16(15)23/h3-12H,13H2,1-2H3. The van der Waals surface area contributed by atoms with Crippen molar-refractivity contribution >= 4 is 55.2 Å². The molecule has 152 valence electrons. The van der Waals surface area contributed by atoms with Gasteiger partial charge in [-0.05, 0) is 59.0 Å². The molecule has 0 aliphatic heterocycles. The van der Waals surface area contributed by atoms with Gasteiger partial charge in [-0.25, -0.2) is 4.98 Å². The van der Waals surface area contributed by atoms with Gasteiger partial charge in [0.2, 0.25) is 0 Å². The smallest absolute Gasteiger partial charge is 0.261 e. The van der Waals surface area contributed by atoms with Crippen molar-refractivity contribution in [1.29, 1.82) is 0 Å². The number of thiazole rings is 1. The molecular formula is C22H18IN3O3S. The van der Waals surface area contributed by atoms with Gasteiger partial charge < -0.3 is 9.47 Å². The van der Waals surface area contributed by atoms with Crippen LogP contribution in [0.1, 0.15) is 16.1 Å². The van der Waals surface area contributed by atoms with Crippen LogP contribution in [0.3, 0.4) is 0 Å². The molecule has 2 aromatic carbocycles. The van der Waals surface area contributed by atoms with Crippen LogP contribution < -0.4 is 14.4 Å². The Balaban J connectivity index is 1.85. The average molecular weight is 531 g/mol. The SMILES string of the molecule is COc1ccc(OC)c2sc(N(Cc3ccccn3)C(=O)c3ccccc3I)nc12. The number of benzene rings is 2. The Morgan fingerprint density at radius 3 is 2.47 bits per heavy atom. The topological polar surface area (TPSA) is 64.6 Å². The van der Waals surface area contributed by atoms with E-state index >= 15 is 0 Å². The number of carbonyl (C=O) groups excluding carboxylic acids is 1. The maximum absolute atomic E-state index is 13.6. The number of pyridine rings is 1. The Bertz CT molecular complexity index is 1160. The molecule has 4 aromatic rings. The van der Waals surface area contributed by atoms with Crippen molar-refractivity contribution in [2.75, 3.05) is 19.1 Å². The summed E-state index contributed by atoms with van der Waals surface area (Å²) in [6.45, 7) is 0.301. The zero-order valence-corrected chi connectivity index (χ0v) is 19.3. The van der Waals surface area contributed by atoms with E-state index < -0.39 is 0 Å². The molecule has 0 saturated carbocycles. The summed E-state index contributed by atoms with van der Waals surface area (Å²) in [5.74, 6) is 1.18. The van der Waals surface area contributed by atoms with Crippen LogP contribution in [0.25, 0.3) is 10.2 Å². The van der Waals surface area contributed by atoms with Gasteiger partial charge in [-0.1, -0.05) is 29.5 Å². The van der Waals surface area contributed by atoms with E-state index in [2.05, 4.69) is 27.6 Å². The summed E-state index contributed by atoms with van der Waals surface area (Å²) in [6.07, 6.45) is 1.72. The predicted octanol–water partition coefficient (Wildman–Crippen LogP) is 5.16.